The van der Waals surface area contributed by atoms with Crippen LogP contribution >= 0.6 is 0 Å². The van der Waals surface area contributed by atoms with Crippen molar-refractivity contribution >= 4 is 11.9 Å². The van der Waals surface area contributed by atoms with E-state index in [1.54, 1.807) is 0 Å². The van der Waals surface area contributed by atoms with Gasteiger partial charge >= 0.3 is 5.97 Å². The molecule has 0 saturated heterocycles. The number of carboxylic acids is 1. The number of carbonyl (C=O) groups excluding carboxylic acids is 1. The monoisotopic (exact) mass is 202 g/mol. The SMILES string of the molecule is CCC(C)C(N)C(=O)NCCC(=O)O. The van der Waals surface area contributed by atoms with E-state index in [0.29, 0.717) is 0 Å². The first-order chi connectivity index (χ1) is 6.49. The Kier molecular flexibility index (Phi) is 5.87. The molecule has 82 valence electrons. The lowest BCUT2D eigenvalue weighted by Crippen LogP contribution is -2.45. The van der Waals surface area contributed by atoms with Crippen molar-refractivity contribution in [2.45, 2.75) is 32.7 Å². The second-order valence-corrected chi connectivity index (χ2v) is 3.35. The molecule has 0 spiro atoms. The fourth-order valence-corrected chi connectivity index (χ4v) is 0.923. The maximum atomic E-state index is 11.3. The van der Waals surface area contributed by atoms with Crippen molar-refractivity contribution in [1.29, 1.82) is 0 Å². The molecular weight excluding hydrogens is 184 g/mol. The Morgan fingerprint density at radius 2 is 2.07 bits per heavy atom. The Labute approximate surface area is 83.7 Å². The summed E-state index contributed by atoms with van der Waals surface area (Å²) in [5.74, 6) is -1.09. The van der Waals surface area contributed by atoms with E-state index < -0.39 is 12.0 Å². The van der Waals surface area contributed by atoms with E-state index in [4.69, 9.17) is 10.8 Å². The normalized spacial score (nSPS) is 14.5. The zero-order chi connectivity index (χ0) is 11.1. The summed E-state index contributed by atoms with van der Waals surface area (Å²) in [6.45, 7) is 3.98. The molecular formula is C9H18N2O3. The van der Waals surface area contributed by atoms with Gasteiger partial charge in [-0.3, -0.25) is 9.59 Å². The van der Waals surface area contributed by atoms with Crippen LogP contribution in [0.3, 0.4) is 0 Å². The van der Waals surface area contributed by atoms with E-state index in [2.05, 4.69) is 5.32 Å². The molecule has 5 nitrogen and oxygen atoms in total. The molecule has 0 aliphatic rings. The number of carboxylic acid groups (broad SMARTS) is 1. The van der Waals surface area contributed by atoms with Crippen LogP contribution in [0.1, 0.15) is 26.7 Å². The third kappa shape index (κ3) is 4.81. The minimum atomic E-state index is -0.928. The molecule has 1 amide bonds. The molecule has 0 bridgehead atoms. The molecule has 4 N–H and O–H groups in total. The van der Waals surface area contributed by atoms with Crippen molar-refractivity contribution in [2.24, 2.45) is 11.7 Å². The first-order valence-electron chi connectivity index (χ1n) is 4.74. The predicted octanol–water partition coefficient (Wildman–Crippen LogP) is -0.0493. The van der Waals surface area contributed by atoms with Gasteiger partial charge in [-0.05, 0) is 5.92 Å². The highest BCUT2D eigenvalue weighted by molar-refractivity contribution is 5.82. The lowest BCUT2D eigenvalue weighted by Gasteiger charge is -2.17. The lowest BCUT2D eigenvalue weighted by atomic mass is 9.99. The summed E-state index contributed by atoms with van der Waals surface area (Å²) in [6.07, 6.45) is 0.756. The summed E-state index contributed by atoms with van der Waals surface area (Å²) >= 11 is 0. The fraction of sp³-hybridized carbons (Fsp3) is 0.778. The highest BCUT2D eigenvalue weighted by Gasteiger charge is 2.18. The van der Waals surface area contributed by atoms with Crippen molar-refractivity contribution in [3.63, 3.8) is 0 Å². The van der Waals surface area contributed by atoms with Crippen LogP contribution in [0.5, 0.6) is 0 Å². The van der Waals surface area contributed by atoms with Crippen LogP contribution in [0, 0.1) is 5.92 Å². The van der Waals surface area contributed by atoms with Gasteiger partial charge in [0.2, 0.25) is 5.91 Å². The molecule has 2 unspecified atom stereocenters. The molecule has 0 saturated carbocycles. The van der Waals surface area contributed by atoms with Gasteiger partial charge in [0.1, 0.15) is 0 Å². The number of rotatable bonds is 6. The molecule has 0 rings (SSSR count). The summed E-state index contributed by atoms with van der Waals surface area (Å²) < 4.78 is 0. The molecule has 0 radical (unpaired) electrons. The summed E-state index contributed by atoms with van der Waals surface area (Å²) in [5.41, 5.74) is 5.63. The van der Waals surface area contributed by atoms with Crippen LogP contribution in [0.25, 0.3) is 0 Å². The van der Waals surface area contributed by atoms with E-state index in [1.807, 2.05) is 13.8 Å². The smallest absolute Gasteiger partial charge is 0.305 e. The number of carbonyl (C=O) groups is 2. The molecule has 14 heavy (non-hydrogen) atoms. The van der Waals surface area contributed by atoms with Crippen LogP contribution < -0.4 is 11.1 Å². The molecule has 0 aliphatic heterocycles. The van der Waals surface area contributed by atoms with Gasteiger partial charge in [0.25, 0.3) is 0 Å². The van der Waals surface area contributed by atoms with Crippen molar-refractivity contribution in [2.75, 3.05) is 6.54 Å². The van der Waals surface area contributed by atoms with Gasteiger partial charge < -0.3 is 16.2 Å². The third-order valence-corrected chi connectivity index (χ3v) is 2.20. The van der Waals surface area contributed by atoms with Crippen LogP contribution in [0.4, 0.5) is 0 Å². The van der Waals surface area contributed by atoms with Gasteiger partial charge in [-0.1, -0.05) is 20.3 Å². The minimum absolute atomic E-state index is 0.0705. The van der Waals surface area contributed by atoms with Gasteiger partial charge in [0, 0.05) is 6.54 Å². The molecule has 0 aromatic heterocycles. The second-order valence-electron chi connectivity index (χ2n) is 3.35. The minimum Gasteiger partial charge on any atom is -0.481 e. The van der Waals surface area contributed by atoms with Crippen LogP contribution in [0.15, 0.2) is 0 Å². The number of hydrogen-bond donors (Lipinski definition) is 3. The largest absolute Gasteiger partial charge is 0.481 e. The Balaban J connectivity index is 3.78. The van der Waals surface area contributed by atoms with Crippen LogP contribution in [-0.2, 0) is 9.59 Å². The highest BCUT2D eigenvalue weighted by atomic mass is 16.4. The number of nitrogens with two attached hydrogens (primary N) is 1. The number of hydrogen-bond acceptors (Lipinski definition) is 3. The van der Waals surface area contributed by atoms with Crippen molar-refractivity contribution in [3.8, 4) is 0 Å². The van der Waals surface area contributed by atoms with Gasteiger partial charge in [0.15, 0.2) is 0 Å². The first-order valence-corrected chi connectivity index (χ1v) is 4.74. The molecule has 2 atom stereocenters. The summed E-state index contributed by atoms with van der Waals surface area (Å²) in [5, 5.41) is 10.8. The van der Waals surface area contributed by atoms with E-state index in [-0.39, 0.29) is 24.8 Å². The van der Waals surface area contributed by atoms with Crippen LogP contribution in [-0.4, -0.2) is 29.6 Å². The van der Waals surface area contributed by atoms with E-state index in [9.17, 15) is 9.59 Å². The molecule has 0 heterocycles. The summed E-state index contributed by atoms with van der Waals surface area (Å²) in [6, 6.07) is -0.547. The van der Waals surface area contributed by atoms with Crippen LogP contribution in [0.2, 0.25) is 0 Å². The molecule has 0 aromatic carbocycles. The maximum absolute atomic E-state index is 11.3. The lowest BCUT2D eigenvalue weighted by molar-refractivity contribution is -0.137. The van der Waals surface area contributed by atoms with Gasteiger partial charge in [0.05, 0.1) is 12.5 Å². The van der Waals surface area contributed by atoms with Gasteiger partial charge in [-0.25, -0.2) is 0 Å². The van der Waals surface area contributed by atoms with Gasteiger partial charge in [-0.2, -0.15) is 0 Å². The van der Waals surface area contributed by atoms with E-state index in [1.165, 1.54) is 0 Å². The Morgan fingerprint density at radius 1 is 1.50 bits per heavy atom. The average Bonchev–Trinajstić information content (AvgIpc) is 2.14. The maximum Gasteiger partial charge on any atom is 0.305 e. The third-order valence-electron chi connectivity index (χ3n) is 2.20. The molecule has 0 aliphatic carbocycles. The average molecular weight is 202 g/mol. The van der Waals surface area contributed by atoms with E-state index >= 15 is 0 Å². The van der Waals surface area contributed by atoms with E-state index in [0.717, 1.165) is 6.42 Å². The topological polar surface area (TPSA) is 92.4 Å². The zero-order valence-corrected chi connectivity index (χ0v) is 8.62. The Morgan fingerprint density at radius 3 is 2.50 bits per heavy atom. The standard InChI is InChI=1S/C9H18N2O3/c1-3-6(2)8(10)9(14)11-5-4-7(12)13/h6,8H,3-5,10H2,1-2H3,(H,11,14)(H,12,13). The fourth-order valence-electron chi connectivity index (χ4n) is 0.923. The number of nitrogens with one attached hydrogen (secondary N) is 1. The second kappa shape index (κ2) is 6.37. The zero-order valence-electron chi connectivity index (χ0n) is 8.62. The summed E-state index contributed by atoms with van der Waals surface area (Å²) in [4.78, 5) is 21.5. The van der Waals surface area contributed by atoms with Crippen molar-refractivity contribution in [1.82, 2.24) is 5.32 Å². The highest BCUT2D eigenvalue weighted by Crippen LogP contribution is 2.04. The number of aliphatic carboxylic acids is 1. The molecule has 0 aromatic rings. The summed E-state index contributed by atoms with van der Waals surface area (Å²) in [7, 11) is 0. The van der Waals surface area contributed by atoms with Gasteiger partial charge in [-0.15, -0.1) is 0 Å². The molecule has 0 fully saturated rings. The number of amides is 1. The first kappa shape index (κ1) is 12.9. The quantitative estimate of drug-likeness (QED) is 0.563. The predicted molar refractivity (Wildman–Crippen MR) is 52.7 cm³/mol. The van der Waals surface area contributed by atoms with Crippen molar-refractivity contribution < 1.29 is 14.7 Å². The van der Waals surface area contributed by atoms with Crippen molar-refractivity contribution in [3.05, 3.63) is 0 Å². The molecule has 5 heteroatoms. The Hall–Kier alpha value is -1.10. The Bertz CT molecular complexity index is 206.